The van der Waals surface area contributed by atoms with E-state index in [1.165, 1.54) is 24.3 Å². The smallest absolute Gasteiger partial charge is 0.378 e. The van der Waals surface area contributed by atoms with Crippen LogP contribution in [0.25, 0.3) is 0 Å². The average molecular weight is 478 g/mol. The number of carbonyl (C=O) groups is 2. The van der Waals surface area contributed by atoms with Gasteiger partial charge >= 0.3 is 11.5 Å². The van der Waals surface area contributed by atoms with Gasteiger partial charge in [-0.25, -0.2) is 9.69 Å². The van der Waals surface area contributed by atoms with Crippen LogP contribution in [0.2, 0.25) is 0 Å². The van der Waals surface area contributed by atoms with Crippen molar-refractivity contribution >= 4 is 35.1 Å². The summed E-state index contributed by atoms with van der Waals surface area (Å²) in [4.78, 5) is 35.7. The van der Waals surface area contributed by atoms with Crippen LogP contribution < -0.4 is 9.80 Å². The highest BCUT2D eigenvalue weighted by atomic mass is 32.2. The monoisotopic (exact) mass is 478 g/mol. The van der Waals surface area contributed by atoms with E-state index in [1.807, 2.05) is 6.07 Å². The van der Waals surface area contributed by atoms with Crippen LogP contribution in [0.4, 0.5) is 29.3 Å². The Labute approximate surface area is 192 Å². The molecule has 7 nitrogen and oxygen atoms in total. The van der Waals surface area contributed by atoms with Crippen molar-refractivity contribution in [2.24, 2.45) is 0 Å². The maximum absolute atomic E-state index is 13.4. The fourth-order valence-corrected chi connectivity index (χ4v) is 4.91. The molecule has 0 unspecified atom stereocenters. The number of rotatable bonds is 5. The highest BCUT2D eigenvalue weighted by molar-refractivity contribution is 8.00. The molecule has 3 aliphatic rings. The maximum Gasteiger partial charge on any atom is 0.446 e. The number of morpholine rings is 1. The number of anilines is 2. The van der Waals surface area contributed by atoms with Crippen molar-refractivity contribution in [3.63, 3.8) is 0 Å². The molecule has 11 heteroatoms. The molecule has 1 spiro atoms. The first kappa shape index (κ1) is 22.0. The molecule has 0 bridgehead atoms. The van der Waals surface area contributed by atoms with Gasteiger partial charge in [0.2, 0.25) is 0 Å². The molecule has 0 N–H and O–H groups in total. The van der Waals surface area contributed by atoms with Crippen molar-refractivity contribution in [2.45, 2.75) is 35.3 Å². The van der Waals surface area contributed by atoms with Crippen LogP contribution in [0.3, 0.4) is 0 Å². The molecule has 1 aromatic heterocycles. The molecule has 3 fully saturated rings. The number of aromatic nitrogens is 1. The number of thioether (sulfide) groups is 1. The Morgan fingerprint density at radius 1 is 1.06 bits per heavy atom. The summed E-state index contributed by atoms with van der Waals surface area (Å²) in [6, 6.07) is 6.71. The molecule has 0 radical (unpaired) electrons. The van der Waals surface area contributed by atoms with Gasteiger partial charge in [-0.1, -0.05) is 0 Å². The Hall–Kier alpha value is -2.79. The molecule has 0 atom stereocenters. The van der Waals surface area contributed by atoms with Gasteiger partial charge in [0, 0.05) is 24.2 Å². The number of halogens is 3. The van der Waals surface area contributed by atoms with Crippen molar-refractivity contribution in [3.8, 4) is 0 Å². The van der Waals surface area contributed by atoms with Gasteiger partial charge in [0.1, 0.15) is 5.54 Å². The number of hydrogen-bond acceptors (Lipinski definition) is 6. The molecule has 174 valence electrons. The zero-order valence-corrected chi connectivity index (χ0v) is 18.4. The number of imide groups is 1. The zero-order chi connectivity index (χ0) is 23.2. The van der Waals surface area contributed by atoms with E-state index in [0.717, 1.165) is 16.2 Å². The lowest BCUT2D eigenvalue weighted by Gasteiger charge is -2.31. The Morgan fingerprint density at radius 2 is 1.76 bits per heavy atom. The Morgan fingerprint density at radius 3 is 2.39 bits per heavy atom. The van der Waals surface area contributed by atoms with Crippen LogP contribution in [0.1, 0.15) is 18.4 Å². The highest BCUT2D eigenvalue weighted by Gasteiger charge is 2.65. The first-order valence-corrected chi connectivity index (χ1v) is 11.4. The number of carbonyl (C=O) groups excluding carboxylic acids is 2. The second-order valence-electron chi connectivity index (χ2n) is 8.19. The van der Waals surface area contributed by atoms with Crippen LogP contribution in [0, 0.1) is 0 Å². The number of benzene rings is 1. The van der Waals surface area contributed by atoms with Gasteiger partial charge in [-0.2, -0.15) is 13.2 Å². The molecule has 1 aliphatic carbocycles. The van der Waals surface area contributed by atoms with Gasteiger partial charge in [0.15, 0.2) is 0 Å². The third kappa shape index (κ3) is 4.15. The largest absolute Gasteiger partial charge is 0.446 e. The Balaban J connectivity index is 1.40. The van der Waals surface area contributed by atoms with Gasteiger partial charge < -0.3 is 14.5 Å². The number of pyridine rings is 1. The molecule has 3 amide bonds. The van der Waals surface area contributed by atoms with Crippen LogP contribution in [0.15, 0.2) is 47.6 Å². The molecule has 5 rings (SSSR count). The summed E-state index contributed by atoms with van der Waals surface area (Å²) < 4.78 is 43.3. The van der Waals surface area contributed by atoms with E-state index in [0.29, 0.717) is 39.1 Å². The van der Waals surface area contributed by atoms with Crippen molar-refractivity contribution in [1.82, 2.24) is 9.88 Å². The standard InChI is InChI=1S/C22H21F3N4O3S/c23-22(24,25)33-17-3-1-16(2-4-17)29-19(30)21(6-7-21)28(20(29)31)14-15-5-8-26-13-18(15)27-9-11-32-12-10-27/h1-5,8,13H,6-7,9-12,14H2. The first-order valence-electron chi connectivity index (χ1n) is 10.6. The fraction of sp³-hybridized carbons (Fsp3) is 0.409. The Kier molecular flexibility index (Phi) is 5.48. The normalized spacial score (nSPS) is 20.2. The predicted octanol–water partition coefficient (Wildman–Crippen LogP) is 4.03. The number of nitrogens with zero attached hydrogens (tertiary/aromatic N) is 4. The molecule has 2 aliphatic heterocycles. The number of amides is 3. The van der Waals surface area contributed by atoms with Gasteiger partial charge in [0.05, 0.1) is 37.3 Å². The fourth-order valence-electron chi connectivity index (χ4n) is 4.37. The summed E-state index contributed by atoms with van der Waals surface area (Å²) in [7, 11) is 0. The summed E-state index contributed by atoms with van der Waals surface area (Å²) >= 11 is -0.235. The summed E-state index contributed by atoms with van der Waals surface area (Å²) in [5.74, 6) is -0.328. The van der Waals surface area contributed by atoms with E-state index in [9.17, 15) is 22.8 Å². The number of ether oxygens (including phenoxy) is 1. The summed E-state index contributed by atoms with van der Waals surface area (Å²) in [6.07, 6.45) is 4.55. The first-order chi connectivity index (χ1) is 15.8. The SMILES string of the molecule is O=C1N(c2ccc(SC(F)(F)F)cc2)C(=O)C2(CC2)N1Cc1ccncc1N1CCOCC1. The highest BCUT2D eigenvalue weighted by Crippen LogP contribution is 2.50. The lowest BCUT2D eigenvalue weighted by Crippen LogP contribution is -2.39. The second kappa shape index (κ2) is 8.21. The average Bonchev–Trinajstić information content (AvgIpc) is 3.57. The van der Waals surface area contributed by atoms with Gasteiger partial charge in [-0.3, -0.25) is 9.78 Å². The third-order valence-corrected chi connectivity index (χ3v) is 6.90. The minimum absolute atomic E-state index is 0.00438. The molecule has 1 aromatic carbocycles. The van der Waals surface area contributed by atoms with Gasteiger partial charge in [0.25, 0.3) is 5.91 Å². The molecule has 3 heterocycles. The van der Waals surface area contributed by atoms with Gasteiger partial charge in [-0.05, 0) is 60.5 Å². The van der Waals surface area contributed by atoms with Crippen molar-refractivity contribution < 1.29 is 27.5 Å². The lowest BCUT2D eigenvalue weighted by molar-refractivity contribution is -0.120. The lowest BCUT2D eigenvalue weighted by atomic mass is 10.1. The molecular formula is C22H21F3N4O3S. The van der Waals surface area contributed by atoms with E-state index < -0.39 is 17.1 Å². The minimum Gasteiger partial charge on any atom is -0.378 e. The predicted molar refractivity (Wildman–Crippen MR) is 116 cm³/mol. The summed E-state index contributed by atoms with van der Waals surface area (Å²) in [6.45, 7) is 2.89. The summed E-state index contributed by atoms with van der Waals surface area (Å²) in [5, 5.41) is 0. The maximum atomic E-state index is 13.4. The molecule has 2 aromatic rings. The molecule has 1 saturated carbocycles. The molecule has 2 saturated heterocycles. The van der Waals surface area contributed by atoms with E-state index in [4.69, 9.17) is 4.74 Å². The van der Waals surface area contributed by atoms with Crippen LogP contribution in [-0.4, -0.2) is 59.2 Å². The molecular weight excluding hydrogens is 457 g/mol. The van der Waals surface area contributed by atoms with Crippen LogP contribution >= 0.6 is 11.8 Å². The molecule has 33 heavy (non-hydrogen) atoms. The zero-order valence-electron chi connectivity index (χ0n) is 17.5. The van der Waals surface area contributed by atoms with E-state index in [1.54, 1.807) is 17.3 Å². The van der Waals surface area contributed by atoms with Crippen molar-refractivity contribution in [1.29, 1.82) is 0 Å². The van der Waals surface area contributed by atoms with Crippen molar-refractivity contribution in [3.05, 3.63) is 48.3 Å². The number of hydrogen-bond donors (Lipinski definition) is 0. The van der Waals surface area contributed by atoms with Crippen LogP contribution in [-0.2, 0) is 16.1 Å². The number of alkyl halides is 3. The quantitative estimate of drug-likeness (QED) is 0.478. The van der Waals surface area contributed by atoms with Gasteiger partial charge in [-0.15, -0.1) is 0 Å². The third-order valence-electron chi connectivity index (χ3n) is 6.16. The minimum atomic E-state index is -4.40. The Bertz CT molecular complexity index is 1070. The van der Waals surface area contributed by atoms with E-state index in [2.05, 4.69) is 9.88 Å². The van der Waals surface area contributed by atoms with Crippen molar-refractivity contribution in [2.75, 3.05) is 36.1 Å². The summed E-state index contributed by atoms with van der Waals surface area (Å²) in [5.41, 5.74) is -3.23. The number of urea groups is 1. The van der Waals surface area contributed by atoms with E-state index in [-0.39, 0.29) is 34.8 Å². The van der Waals surface area contributed by atoms with E-state index >= 15 is 0 Å². The van der Waals surface area contributed by atoms with Crippen LogP contribution in [0.5, 0.6) is 0 Å². The topological polar surface area (TPSA) is 66.0 Å². The second-order valence-corrected chi connectivity index (χ2v) is 9.32.